The molecule has 0 aliphatic carbocycles. The number of amides is 1. The van der Waals surface area contributed by atoms with E-state index in [4.69, 9.17) is 21.1 Å². The van der Waals surface area contributed by atoms with Crippen molar-refractivity contribution in [1.29, 1.82) is 0 Å². The molecule has 0 spiro atoms. The highest BCUT2D eigenvalue weighted by atomic mass is 35.5. The molecule has 2 aromatic rings. The summed E-state index contributed by atoms with van der Waals surface area (Å²) in [6, 6.07) is 13.5. The Hall–Kier alpha value is -2.24. The van der Waals surface area contributed by atoms with Crippen molar-refractivity contribution in [2.24, 2.45) is 5.92 Å². The summed E-state index contributed by atoms with van der Waals surface area (Å²) in [6.45, 7) is 5.67. The van der Waals surface area contributed by atoms with Crippen LogP contribution in [0.5, 0.6) is 11.5 Å². The first kappa shape index (κ1) is 22.4. The van der Waals surface area contributed by atoms with Crippen LogP contribution in [0.1, 0.15) is 38.2 Å². The molecule has 0 bridgehead atoms. The lowest BCUT2D eigenvalue weighted by atomic mass is 9.93. The number of likely N-dealkylation sites (tertiary alicyclic amines) is 1. The lowest BCUT2D eigenvalue weighted by Crippen LogP contribution is -2.35. The van der Waals surface area contributed by atoms with E-state index >= 15 is 0 Å². The van der Waals surface area contributed by atoms with Crippen LogP contribution in [0.15, 0.2) is 42.5 Å². The van der Waals surface area contributed by atoms with Crippen molar-refractivity contribution in [3.63, 3.8) is 0 Å². The van der Waals surface area contributed by atoms with E-state index in [1.165, 1.54) is 5.56 Å². The summed E-state index contributed by atoms with van der Waals surface area (Å²) in [7, 11) is 1.58. The van der Waals surface area contributed by atoms with E-state index in [2.05, 4.69) is 22.3 Å². The van der Waals surface area contributed by atoms with Gasteiger partial charge in [-0.3, -0.25) is 9.69 Å². The largest absolute Gasteiger partial charge is 0.495 e. The third-order valence-electron chi connectivity index (χ3n) is 5.48. The zero-order valence-electron chi connectivity index (χ0n) is 17.8. The van der Waals surface area contributed by atoms with Gasteiger partial charge in [-0.15, -0.1) is 0 Å². The Bertz CT molecular complexity index is 843. The summed E-state index contributed by atoms with van der Waals surface area (Å²) in [6.07, 6.45) is 3.69. The van der Waals surface area contributed by atoms with Crippen molar-refractivity contribution in [3.05, 3.63) is 53.1 Å². The Morgan fingerprint density at radius 1 is 1.23 bits per heavy atom. The molecule has 30 heavy (non-hydrogen) atoms. The molecule has 5 nitrogen and oxygen atoms in total. The van der Waals surface area contributed by atoms with Gasteiger partial charge < -0.3 is 14.8 Å². The molecule has 6 heteroatoms. The minimum absolute atomic E-state index is 0.00520. The number of methoxy groups -OCH3 is 1. The molecule has 1 fully saturated rings. The maximum atomic E-state index is 12.5. The van der Waals surface area contributed by atoms with E-state index in [-0.39, 0.29) is 5.91 Å². The molecule has 0 radical (unpaired) electrons. The van der Waals surface area contributed by atoms with Crippen molar-refractivity contribution >= 4 is 23.2 Å². The van der Waals surface area contributed by atoms with Gasteiger partial charge in [0.05, 0.1) is 19.4 Å². The highest BCUT2D eigenvalue weighted by molar-refractivity contribution is 6.31. The Morgan fingerprint density at radius 3 is 2.87 bits per heavy atom. The summed E-state index contributed by atoms with van der Waals surface area (Å²) in [5.41, 5.74) is 1.85. The van der Waals surface area contributed by atoms with E-state index in [0.717, 1.165) is 44.6 Å². The number of rotatable bonds is 9. The maximum Gasteiger partial charge on any atom is 0.224 e. The normalized spacial score (nSPS) is 16.8. The van der Waals surface area contributed by atoms with Gasteiger partial charge in [0.25, 0.3) is 0 Å². The van der Waals surface area contributed by atoms with Crippen LogP contribution in [0, 0.1) is 5.92 Å². The van der Waals surface area contributed by atoms with Crippen LogP contribution in [0.25, 0.3) is 0 Å². The summed E-state index contributed by atoms with van der Waals surface area (Å²) in [5.74, 6) is 2.10. The monoisotopic (exact) mass is 430 g/mol. The zero-order chi connectivity index (χ0) is 21.3. The van der Waals surface area contributed by atoms with Gasteiger partial charge in [-0.25, -0.2) is 0 Å². The standard InChI is InChI=1S/C24H31ClN2O3/c1-3-30-22-9-5-4-8-19(22)17-27-14-6-7-18(16-27)10-13-24(28)26-21-15-20(25)11-12-23(21)29-2/h4-5,8-9,11-12,15,18H,3,6-7,10,13-14,16-17H2,1-2H3,(H,26,28)/t18-/m0/s1. The number of ether oxygens (including phenoxy) is 2. The van der Waals surface area contributed by atoms with Gasteiger partial charge in [-0.05, 0) is 62.9 Å². The number of carbonyl (C=O) groups excluding carboxylic acids is 1. The minimum Gasteiger partial charge on any atom is -0.495 e. The number of benzene rings is 2. The van der Waals surface area contributed by atoms with Gasteiger partial charge in [0, 0.05) is 30.1 Å². The van der Waals surface area contributed by atoms with Crippen LogP contribution in [0.2, 0.25) is 5.02 Å². The predicted octanol–water partition coefficient (Wildman–Crippen LogP) is 5.38. The molecule has 1 aliphatic rings. The minimum atomic E-state index is -0.00520. The molecular formula is C24H31ClN2O3. The summed E-state index contributed by atoms with van der Waals surface area (Å²) >= 11 is 6.05. The first-order valence-corrected chi connectivity index (χ1v) is 11.0. The number of piperidine rings is 1. The first-order valence-electron chi connectivity index (χ1n) is 10.7. The predicted molar refractivity (Wildman–Crippen MR) is 121 cm³/mol. The van der Waals surface area contributed by atoms with E-state index in [9.17, 15) is 4.79 Å². The van der Waals surface area contributed by atoms with E-state index in [1.807, 2.05) is 19.1 Å². The second-order valence-electron chi connectivity index (χ2n) is 7.72. The average molecular weight is 431 g/mol. The molecule has 0 saturated carbocycles. The van der Waals surface area contributed by atoms with Gasteiger partial charge >= 0.3 is 0 Å². The molecule has 1 aliphatic heterocycles. The summed E-state index contributed by atoms with van der Waals surface area (Å²) < 4.78 is 11.1. The van der Waals surface area contributed by atoms with Gasteiger partial charge in [0.15, 0.2) is 0 Å². The number of nitrogens with zero attached hydrogens (tertiary/aromatic N) is 1. The van der Waals surface area contributed by atoms with Gasteiger partial charge in [0.1, 0.15) is 11.5 Å². The van der Waals surface area contributed by atoms with Crippen molar-refractivity contribution in [2.75, 3.05) is 32.1 Å². The van der Waals surface area contributed by atoms with Gasteiger partial charge in [-0.2, -0.15) is 0 Å². The van der Waals surface area contributed by atoms with Gasteiger partial charge in [0.2, 0.25) is 5.91 Å². The fourth-order valence-electron chi connectivity index (χ4n) is 4.03. The van der Waals surface area contributed by atoms with Gasteiger partial charge in [-0.1, -0.05) is 29.8 Å². The lowest BCUT2D eigenvalue weighted by Gasteiger charge is -2.33. The van der Waals surface area contributed by atoms with Crippen molar-refractivity contribution < 1.29 is 14.3 Å². The number of hydrogen-bond acceptors (Lipinski definition) is 4. The second kappa shape index (κ2) is 11.2. The number of para-hydroxylation sites is 1. The highest BCUT2D eigenvalue weighted by Crippen LogP contribution is 2.29. The summed E-state index contributed by atoms with van der Waals surface area (Å²) in [4.78, 5) is 15.0. The summed E-state index contributed by atoms with van der Waals surface area (Å²) in [5, 5.41) is 3.51. The third-order valence-corrected chi connectivity index (χ3v) is 5.72. The van der Waals surface area contributed by atoms with Crippen LogP contribution >= 0.6 is 11.6 Å². The molecule has 2 aromatic carbocycles. The molecule has 1 saturated heterocycles. The molecule has 1 N–H and O–H groups in total. The van der Waals surface area contributed by atoms with E-state index < -0.39 is 0 Å². The Labute approximate surface area is 184 Å². The van der Waals surface area contributed by atoms with Crippen LogP contribution in [-0.2, 0) is 11.3 Å². The number of hydrogen-bond donors (Lipinski definition) is 1. The molecule has 3 rings (SSSR count). The fraction of sp³-hybridized carbons (Fsp3) is 0.458. The molecular weight excluding hydrogens is 400 g/mol. The quantitative estimate of drug-likeness (QED) is 0.580. The molecule has 0 aromatic heterocycles. The van der Waals surface area contributed by atoms with Crippen LogP contribution < -0.4 is 14.8 Å². The lowest BCUT2D eigenvalue weighted by molar-refractivity contribution is -0.116. The smallest absolute Gasteiger partial charge is 0.224 e. The van der Waals surface area contributed by atoms with Crippen molar-refractivity contribution in [2.45, 2.75) is 39.2 Å². The molecule has 1 heterocycles. The molecule has 1 atom stereocenters. The topological polar surface area (TPSA) is 50.8 Å². The molecule has 162 valence electrons. The second-order valence-corrected chi connectivity index (χ2v) is 8.15. The van der Waals surface area contributed by atoms with E-state index in [1.54, 1.807) is 25.3 Å². The SMILES string of the molecule is CCOc1ccccc1CN1CCC[C@@H](CCC(=O)Nc2cc(Cl)ccc2OC)C1. The maximum absolute atomic E-state index is 12.5. The third kappa shape index (κ3) is 6.38. The number of carbonyl (C=O) groups is 1. The van der Waals surface area contributed by atoms with E-state index in [0.29, 0.717) is 35.4 Å². The van der Waals surface area contributed by atoms with Crippen molar-refractivity contribution in [1.82, 2.24) is 4.90 Å². The van der Waals surface area contributed by atoms with Crippen LogP contribution in [0.4, 0.5) is 5.69 Å². The Balaban J connectivity index is 1.51. The van der Waals surface area contributed by atoms with Crippen LogP contribution in [0.3, 0.4) is 0 Å². The van der Waals surface area contributed by atoms with Crippen molar-refractivity contribution in [3.8, 4) is 11.5 Å². The Kier molecular flexibility index (Phi) is 8.40. The highest BCUT2D eigenvalue weighted by Gasteiger charge is 2.22. The zero-order valence-corrected chi connectivity index (χ0v) is 18.6. The Morgan fingerprint density at radius 2 is 2.07 bits per heavy atom. The number of halogens is 1. The number of nitrogens with one attached hydrogen (secondary N) is 1. The molecule has 1 amide bonds. The fourth-order valence-corrected chi connectivity index (χ4v) is 4.20. The van der Waals surface area contributed by atoms with Crippen LogP contribution in [-0.4, -0.2) is 37.6 Å². The number of anilines is 1. The molecule has 0 unspecified atom stereocenters. The average Bonchev–Trinajstić information content (AvgIpc) is 2.74. The first-order chi connectivity index (χ1) is 14.6.